The molecule has 314 valence electrons. The fourth-order valence-corrected chi connectivity index (χ4v) is 6.40. The van der Waals surface area contributed by atoms with Crippen molar-refractivity contribution >= 4 is 5.91 Å². The second-order valence-electron chi connectivity index (χ2n) is 14.9. The van der Waals surface area contributed by atoms with Crippen LogP contribution in [0.1, 0.15) is 162 Å². The third-order valence-corrected chi connectivity index (χ3v) is 10.0. The molecular weight excluding hydrogens is 686 g/mol. The van der Waals surface area contributed by atoms with Gasteiger partial charge in [-0.1, -0.05) is 152 Å². The normalized spacial score (nSPS) is 22.6. The Morgan fingerprint density at radius 3 is 1.76 bits per heavy atom. The first-order chi connectivity index (χ1) is 26.3. The van der Waals surface area contributed by atoms with Crippen molar-refractivity contribution in [2.75, 3.05) is 13.2 Å². The molecule has 0 spiro atoms. The molecule has 10 heteroatoms. The third kappa shape index (κ3) is 24.6. The van der Waals surface area contributed by atoms with Gasteiger partial charge in [0.2, 0.25) is 5.91 Å². The first-order valence-electron chi connectivity index (χ1n) is 21.5. The highest BCUT2D eigenvalue weighted by Crippen LogP contribution is 2.22. The lowest BCUT2D eigenvalue weighted by Crippen LogP contribution is -2.60. The van der Waals surface area contributed by atoms with Gasteiger partial charge in [-0.15, -0.1) is 0 Å². The number of aliphatic hydroxyl groups excluding tert-OH is 6. The molecule has 8 atom stereocenters. The number of rotatable bonds is 34. The van der Waals surface area contributed by atoms with Crippen molar-refractivity contribution in [3.8, 4) is 0 Å². The summed E-state index contributed by atoms with van der Waals surface area (Å²) in [5.74, 6) is -0.642. The fourth-order valence-electron chi connectivity index (χ4n) is 6.40. The monoisotopic (exact) mass is 766 g/mol. The average Bonchev–Trinajstić information content (AvgIpc) is 3.17. The van der Waals surface area contributed by atoms with Crippen molar-refractivity contribution < 1.29 is 44.9 Å². The van der Waals surface area contributed by atoms with E-state index in [9.17, 15) is 35.4 Å². The van der Waals surface area contributed by atoms with E-state index < -0.39 is 61.5 Å². The van der Waals surface area contributed by atoms with E-state index in [4.69, 9.17) is 9.47 Å². The maximum atomic E-state index is 13.0. The Labute approximate surface area is 327 Å². The van der Waals surface area contributed by atoms with Gasteiger partial charge < -0.3 is 45.4 Å². The van der Waals surface area contributed by atoms with Gasteiger partial charge in [0.15, 0.2) is 6.29 Å². The van der Waals surface area contributed by atoms with Crippen molar-refractivity contribution in [1.29, 1.82) is 0 Å². The summed E-state index contributed by atoms with van der Waals surface area (Å²) in [5.41, 5.74) is 0. The first-order valence-corrected chi connectivity index (χ1v) is 21.5. The first kappa shape index (κ1) is 50.1. The van der Waals surface area contributed by atoms with E-state index in [2.05, 4.69) is 55.6 Å². The second kappa shape index (κ2) is 34.4. The lowest BCUT2D eigenvalue weighted by Gasteiger charge is -2.40. The van der Waals surface area contributed by atoms with Crippen molar-refractivity contribution in [2.24, 2.45) is 0 Å². The third-order valence-electron chi connectivity index (χ3n) is 10.0. The molecule has 0 aromatic rings. The summed E-state index contributed by atoms with van der Waals surface area (Å²) < 4.78 is 11.1. The van der Waals surface area contributed by atoms with Crippen LogP contribution in [0.15, 0.2) is 48.6 Å². The van der Waals surface area contributed by atoms with Crippen LogP contribution in [-0.4, -0.2) is 98.7 Å². The minimum absolute atomic E-state index is 0.284. The molecule has 1 rings (SSSR count). The van der Waals surface area contributed by atoms with Gasteiger partial charge in [0.25, 0.3) is 0 Å². The Morgan fingerprint density at radius 2 is 1.15 bits per heavy atom. The fraction of sp³-hybridized carbons (Fsp3) is 0.795. The number of aliphatic hydroxyl groups is 6. The SMILES string of the molecule is CCCCC/C=C\C=C/CCCCCCCC(O)C(=O)NC(COC1OC(CO)C(O)C(O)C1O)C(O)/C=C/CC/C=C/CCCCCCCCCCC. The summed E-state index contributed by atoms with van der Waals surface area (Å²) in [6.07, 6.45) is 31.9. The van der Waals surface area contributed by atoms with Crippen molar-refractivity contribution in [3.63, 3.8) is 0 Å². The molecule has 8 unspecified atom stereocenters. The molecule has 1 amide bonds. The van der Waals surface area contributed by atoms with Gasteiger partial charge in [-0.05, 0) is 57.8 Å². The Hall–Kier alpha value is -1.89. The Kier molecular flexibility index (Phi) is 31.9. The predicted molar refractivity (Wildman–Crippen MR) is 218 cm³/mol. The summed E-state index contributed by atoms with van der Waals surface area (Å²) in [6, 6.07) is -1.00. The zero-order chi connectivity index (χ0) is 39.7. The molecule has 1 aliphatic rings. The molecule has 1 aliphatic heterocycles. The molecule has 0 bridgehead atoms. The van der Waals surface area contributed by atoms with Gasteiger partial charge >= 0.3 is 0 Å². The minimum atomic E-state index is -1.62. The quantitative estimate of drug-likeness (QED) is 0.0203. The van der Waals surface area contributed by atoms with E-state index in [-0.39, 0.29) is 13.0 Å². The van der Waals surface area contributed by atoms with Crippen LogP contribution in [0.5, 0.6) is 0 Å². The van der Waals surface area contributed by atoms with Gasteiger partial charge in [0.05, 0.1) is 25.4 Å². The van der Waals surface area contributed by atoms with Crippen molar-refractivity contribution in [2.45, 2.75) is 210 Å². The summed E-state index contributed by atoms with van der Waals surface area (Å²) in [4.78, 5) is 13.0. The number of allylic oxidation sites excluding steroid dienone is 7. The number of hydrogen-bond acceptors (Lipinski definition) is 9. The molecule has 54 heavy (non-hydrogen) atoms. The molecular formula is C44H79NO9. The molecule has 1 heterocycles. The van der Waals surface area contributed by atoms with Gasteiger partial charge in [-0.25, -0.2) is 0 Å². The number of carbonyl (C=O) groups excluding carboxylic acids is 1. The zero-order valence-corrected chi connectivity index (χ0v) is 33.8. The van der Waals surface area contributed by atoms with Crippen LogP contribution in [-0.2, 0) is 14.3 Å². The van der Waals surface area contributed by atoms with E-state index in [1.165, 1.54) is 77.0 Å². The van der Waals surface area contributed by atoms with Crippen LogP contribution in [0.4, 0.5) is 0 Å². The summed E-state index contributed by atoms with van der Waals surface area (Å²) in [6.45, 7) is 3.52. The van der Waals surface area contributed by atoms with Crippen LogP contribution >= 0.6 is 0 Å². The van der Waals surface area contributed by atoms with Crippen LogP contribution in [0.3, 0.4) is 0 Å². The lowest BCUT2D eigenvalue weighted by atomic mass is 9.99. The Balaban J connectivity index is 2.52. The highest BCUT2D eigenvalue weighted by molar-refractivity contribution is 5.80. The van der Waals surface area contributed by atoms with Crippen molar-refractivity contribution in [3.05, 3.63) is 48.6 Å². The van der Waals surface area contributed by atoms with E-state index in [1.54, 1.807) is 6.08 Å². The number of carbonyl (C=O) groups is 1. The number of ether oxygens (including phenoxy) is 2. The largest absolute Gasteiger partial charge is 0.394 e. The second-order valence-corrected chi connectivity index (χ2v) is 14.9. The predicted octanol–water partition coefficient (Wildman–Crippen LogP) is 7.25. The number of unbranched alkanes of at least 4 members (excludes halogenated alkanes) is 18. The average molecular weight is 766 g/mol. The van der Waals surface area contributed by atoms with Gasteiger partial charge in [-0.2, -0.15) is 0 Å². The summed E-state index contributed by atoms with van der Waals surface area (Å²) in [5, 5.41) is 64.4. The molecule has 0 aromatic carbocycles. The van der Waals surface area contributed by atoms with Crippen LogP contribution in [0.25, 0.3) is 0 Å². The zero-order valence-electron chi connectivity index (χ0n) is 33.8. The molecule has 0 radical (unpaired) electrons. The molecule has 0 saturated carbocycles. The topological polar surface area (TPSA) is 169 Å². The standard InChI is InChI=1S/C44H79NO9/c1-3-5-7-9-11-13-15-17-19-21-22-24-26-28-30-32-37(47)36(35-53-44-42(51)41(50)40(49)39(34-46)54-44)45-43(52)38(48)33-31-29-27-25-23-20-18-16-14-12-10-8-6-4-2/h12,14,16,18,22,24,30,32,36-42,44,46-51H,3-11,13,15,17,19-21,23,25-29,31,33-35H2,1-2H3,(H,45,52)/b14-12-,18-16-,24-22+,32-30+. The number of hydrogen-bond donors (Lipinski definition) is 7. The molecule has 0 aromatic heterocycles. The van der Waals surface area contributed by atoms with Gasteiger partial charge in [-0.3, -0.25) is 4.79 Å². The van der Waals surface area contributed by atoms with Crippen molar-refractivity contribution in [1.82, 2.24) is 5.32 Å². The number of nitrogens with one attached hydrogen (secondary N) is 1. The van der Waals surface area contributed by atoms with Gasteiger partial charge in [0.1, 0.15) is 30.5 Å². The number of amides is 1. The molecule has 0 aliphatic carbocycles. The molecule has 7 N–H and O–H groups in total. The Bertz CT molecular complexity index is 1000. The smallest absolute Gasteiger partial charge is 0.249 e. The van der Waals surface area contributed by atoms with Crippen LogP contribution in [0, 0.1) is 0 Å². The minimum Gasteiger partial charge on any atom is -0.394 e. The molecule has 1 saturated heterocycles. The van der Waals surface area contributed by atoms with E-state index in [0.717, 1.165) is 51.4 Å². The highest BCUT2D eigenvalue weighted by Gasteiger charge is 2.44. The lowest BCUT2D eigenvalue weighted by molar-refractivity contribution is -0.302. The molecule has 10 nitrogen and oxygen atoms in total. The van der Waals surface area contributed by atoms with Crippen LogP contribution in [0.2, 0.25) is 0 Å². The maximum absolute atomic E-state index is 13.0. The van der Waals surface area contributed by atoms with E-state index >= 15 is 0 Å². The van der Waals surface area contributed by atoms with E-state index in [0.29, 0.717) is 12.8 Å². The summed E-state index contributed by atoms with van der Waals surface area (Å²) >= 11 is 0. The van der Waals surface area contributed by atoms with E-state index in [1.807, 2.05) is 6.08 Å². The van der Waals surface area contributed by atoms with Gasteiger partial charge in [0, 0.05) is 0 Å². The maximum Gasteiger partial charge on any atom is 0.249 e. The van der Waals surface area contributed by atoms with Crippen LogP contribution < -0.4 is 5.32 Å². The highest BCUT2D eigenvalue weighted by atomic mass is 16.7. The summed E-state index contributed by atoms with van der Waals surface area (Å²) in [7, 11) is 0. The Morgan fingerprint density at radius 1 is 0.648 bits per heavy atom. The molecule has 1 fully saturated rings.